The molecule has 1 aromatic carbocycles. The largest absolute Gasteiger partial charge is 0.481 e. The van der Waals surface area contributed by atoms with Gasteiger partial charge in [-0.15, -0.1) is 11.3 Å². The predicted molar refractivity (Wildman–Crippen MR) is 94.3 cm³/mol. The zero-order chi connectivity index (χ0) is 16.4. The molecular weight excluding hydrogens is 330 g/mol. The minimum Gasteiger partial charge on any atom is -0.481 e. The molecule has 1 atom stereocenters. The lowest BCUT2D eigenvalue weighted by molar-refractivity contribution is -0.143. The first-order valence-corrected chi connectivity index (χ1v) is 9.03. The number of hydrogen-bond acceptors (Lipinski definition) is 3. The molecule has 0 radical (unpaired) electrons. The van der Waals surface area contributed by atoms with Crippen LogP contribution < -0.4 is 0 Å². The van der Waals surface area contributed by atoms with Crippen molar-refractivity contribution in [2.75, 3.05) is 13.1 Å². The van der Waals surface area contributed by atoms with Gasteiger partial charge in [-0.3, -0.25) is 9.69 Å². The SMILES string of the molecule is Cc1ccc(C(c2ccccc2Cl)N2CCC(C(=O)O)CC2)s1. The maximum absolute atomic E-state index is 11.2. The number of carboxylic acid groups (broad SMARTS) is 1. The van der Waals surface area contributed by atoms with E-state index in [4.69, 9.17) is 11.6 Å². The summed E-state index contributed by atoms with van der Waals surface area (Å²) in [5.41, 5.74) is 1.10. The van der Waals surface area contributed by atoms with Crippen LogP contribution >= 0.6 is 22.9 Å². The molecule has 1 aliphatic heterocycles. The van der Waals surface area contributed by atoms with Crippen LogP contribution in [0, 0.1) is 12.8 Å². The fraction of sp³-hybridized carbons (Fsp3) is 0.389. The minimum absolute atomic E-state index is 0.108. The summed E-state index contributed by atoms with van der Waals surface area (Å²) < 4.78 is 0. The van der Waals surface area contributed by atoms with Crippen LogP contribution in [-0.2, 0) is 4.79 Å². The summed E-state index contributed by atoms with van der Waals surface area (Å²) in [6, 6.07) is 12.4. The molecule has 5 heteroatoms. The number of halogens is 1. The second-order valence-corrected chi connectivity index (χ2v) is 7.75. The van der Waals surface area contributed by atoms with Crippen LogP contribution in [0.1, 0.15) is 34.2 Å². The Hall–Kier alpha value is -1.36. The number of likely N-dealkylation sites (tertiary alicyclic amines) is 1. The number of carboxylic acids is 1. The van der Waals surface area contributed by atoms with E-state index in [0.717, 1.165) is 23.7 Å². The molecule has 0 spiro atoms. The van der Waals surface area contributed by atoms with Crippen molar-refractivity contribution in [3.8, 4) is 0 Å². The van der Waals surface area contributed by atoms with E-state index in [9.17, 15) is 9.90 Å². The van der Waals surface area contributed by atoms with E-state index >= 15 is 0 Å². The van der Waals surface area contributed by atoms with E-state index in [0.29, 0.717) is 12.8 Å². The van der Waals surface area contributed by atoms with Crippen LogP contribution in [0.15, 0.2) is 36.4 Å². The fourth-order valence-corrected chi connectivity index (χ4v) is 4.50. The average molecular weight is 350 g/mol. The molecule has 122 valence electrons. The van der Waals surface area contributed by atoms with Crippen LogP contribution in [-0.4, -0.2) is 29.1 Å². The number of rotatable bonds is 4. The maximum atomic E-state index is 11.2. The number of thiophene rings is 1. The summed E-state index contributed by atoms with van der Waals surface area (Å²) in [6.45, 7) is 3.67. The second kappa shape index (κ2) is 7.04. The number of benzene rings is 1. The highest BCUT2D eigenvalue weighted by atomic mass is 35.5. The van der Waals surface area contributed by atoms with Gasteiger partial charge in [0.2, 0.25) is 0 Å². The summed E-state index contributed by atoms with van der Waals surface area (Å²) in [5.74, 6) is -0.894. The van der Waals surface area contributed by atoms with E-state index in [1.54, 1.807) is 11.3 Å². The summed E-state index contributed by atoms with van der Waals surface area (Å²) in [7, 11) is 0. The van der Waals surface area contributed by atoms with Crippen molar-refractivity contribution >= 4 is 28.9 Å². The van der Waals surface area contributed by atoms with Crippen LogP contribution in [0.25, 0.3) is 0 Å². The molecule has 0 bridgehead atoms. The monoisotopic (exact) mass is 349 g/mol. The van der Waals surface area contributed by atoms with Gasteiger partial charge in [0.05, 0.1) is 12.0 Å². The Morgan fingerprint density at radius 2 is 1.96 bits per heavy atom. The van der Waals surface area contributed by atoms with Gasteiger partial charge in [-0.25, -0.2) is 0 Å². The van der Waals surface area contributed by atoms with Gasteiger partial charge in [0.1, 0.15) is 0 Å². The number of piperidine rings is 1. The fourth-order valence-electron chi connectivity index (χ4n) is 3.23. The zero-order valence-corrected chi connectivity index (χ0v) is 14.6. The van der Waals surface area contributed by atoms with Crippen molar-refractivity contribution in [1.29, 1.82) is 0 Å². The van der Waals surface area contributed by atoms with Gasteiger partial charge in [0, 0.05) is 14.8 Å². The maximum Gasteiger partial charge on any atom is 0.306 e. The van der Waals surface area contributed by atoms with Crippen LogP contribution in [0.5, 0.6) is 0 Å². The molecule has 0 amide bonds. The molecule has 1 saturated heterocycles. The molecule has 1 fully saturated rings. The molecule has 1 aromatic heterocycles. The summed E-state index contributed by atoms with van der Waals surface area (Å²) in [5, 5.41) is 9.97. The molecule has 2 aromatic rings. The van der Waals surface area contributed by atoms with Crippen molar-refractivity contribution in [2.24, 2.45) is 5.92 Å². The first-order chi connectivity index (χ1) is 11.1. The van der Waals surface area contributed by atoms with Gasteiger partial charge < -0.3 is 5.11 Å². The zero-order valence-electron chi connectivity index (χ0n) is 13.0. The van der Waals surface area contributed by atoms with Crippen molar-refractivity contribution in [3.05, 3.63) is 56.7 Å². The van der Waals surface area contributed by atoms with Gasteiger partial charge in [0.15, 0.2) is 0 Å². The molecule has 3 rings (SSSR count). The standard InChI is InChI=1S/C18H20ClNO2S/c1-12-6-7-16(23-12)17(14-4-2-3-5-15(14)19)20-10-8-13(9-11-20)18(21)22/h2-7,13,17H,8-11H2,1H3,(H,21,22). The molecule has 3 nitrogen and oxygen atoms in total. The van der Waals surface area contributed by atoms with Crippen molar-refractivity contribution in [1.82, 2.24) is 4.90 Å². The number of aliphatic carboxylic acids is 1. The lowest BCUT2D eigenvalue weighted by atomic mass is 9.94. The first kappa shape index (κ1) is 16.5. The lowest BCUT2D eigenvalue weighted by Crippen LogP contribution is -2.39. The normalized spacial score (nSPS) is 18.0. The van der Waals surface area contributed by atoms with Crippen LogP contribution in [0.2, 0.25) is 5.02 Å². The highest BCUT2D eigenvalue weighted by Gasteiger charge is 2.31. The highest BCUT2D eigenvalue weighted by molar-refractivity contribution is 7.12. The van der Waals surface area contributed by atoms with Crippen LogP contribution in [0.4, 0.5) is 0 Å². The molecule has 1 unspecified atom stereocenters. The highest BCUT2D eigenvalue weighted by Crippen LogP contribution is 2.38. The Bertz CT molecular complexity index is 692. The number of carbonyl (C=O) groups is 1. The molecule has 0 aliphatic carbocycles. The molecular formula is C18H20ClNO2S. The van der Waals surface area contributed by atoms with Crippen molar-refractivity contribution in [3.63, 3.8) is 0 Å². The van der Waals surface area contributed by atoms with Gasteiger partial charge >= 0.3 is 5.97 Å². The number of hydrogen-bond donors (Lipinski definition) is 1. The van der Waals surface area contributed by atoms with E-state index < -0.39 is 5.97 Å². The number of nitrogens with zero attached hydrogens (tertiary/aromatic N) is 1. The third kappa shape index (κ3) is 3.60. The third-order valence-electron chi connectivity index (χ3n) is 4.47. The van der Waals surface area contributed by atoms with E-state index in [1.165, 1.54) is 9.75 Å². The average Bonchev–Trinajstić information content (AvgIpc) is 2.96. The quantitative estimate of drug-likeness (QED) is 0.877. The minimum atomic E-state index is -0.675. The Morgan fingerprint density at radius 1 is 1.26 bits per heavy atom. The Kier molecular flexibility index (Phi) is 5.05. The van der Waals surface area contributed by atoms with Gasteiger partial charge in [0.25, 0.3) is 0 Å². The van der Waals surface area contributed by atoms with E-state index in [-0.39, 0.29) is 12.0 Å². The number of aryl methyl sites for hydroxylation is 1. The summed E-state index contributed by atoms with van der Waals surface area (Å²) in [4.78, 5) is 16.1. The Labute approximate surface area is 145 Å². The smallest absolute Gasteiger partial charge is 0.306 e. The summed E-state index contributed by atoms with van der Waals surface area (Å²) in [6.07, 6.45) is 1.39. The topological polar surface area (TPSA) is 40.5 Å². The molecule has 1 N–H and O–H groups in total. The van der Waals surface area contributed by atoms with Gasteiger partial charge in [-0.1, -0.05) is 29.8 Å². The van der Waals surface area contributed by atoms with E-state index in [2.05, 4.69) is 30.0 Å². The van der Waals surface area contributed by atoms with Crippen LogP contribution in [0.3, 0.4) is 0 Å². The molecule has 1 aliphatic rings. The van der Waals surface area contributed by atoms with Gasteiger partial charge in [-0.2, -0.15) is 0 Å². The van der Waals surface area contributed by atoms with Gasteiger partial charge in [-0.05, 0) is 56.6 Å². The first-order valence-electron chi connectivity index (χ1n) is 7.84. The molecule has 23 heavy (non-hydrogen) atoms. The second-order valence-electron chi connectivity index (χ2n) is 6.02. The third-order valence-corrected chi connectivity index (χ3v) is 5.87. The van der Waals surface area contributed by atoms with E-state index in [1.807, 2.05) is 18.2 Å². The van der Waals surface area contributed by atoms with Crippen molar-refractivity contribution < 1.29 is 9.90 Å². The predicted octanol–water partition coefficient (Wildman–Crippen LogP) is 4.60. The molecule has 0 saturated carbocycles. The molecule has 2 heterocycles. The summed E-state index contributed by atoms with van der Waals surface area (Å²) >= 11 is 8.24. The van der Waals surface area contributed by atoms with Crippen molar-refractivity contribution in [2.45, 2.75) is 25.8 Å². The Balaban J connectivity index is 1.91. The Morgan fingerprint density at radius 3 is 2.52 bits per heavy atom. The lowest BCUT2D eigenvalue weighted by Gasteiger charge is -2.36.